The second kappa shape index (κ2) is 6.30. The number of fused-ring (bicyclic) bond motifs is 1. The van der Waals surface area contributed by atoms with Crippen molar-refractivity contribution in [3.05, 3.63) is 35.7 Å². The van der Waals surface area contributed by atoms with Crippen LogP contribution in [0.1, 0.15) is 10.9 Å². The molecule has 1 aliphatic heterocycles. The molecule has 0 bridgehead atoms. The van der Waals surface area contributed by atoms with Crippen molar-refractivity contribution in [3.63, 3.8) is 0 Å². The lowest BCUT2D eigenvalue weighted by Crippen LogP contribution is -2.57. The van der Waals surface area contributed by atoms with E-state index in [0.717, 1.165) is 39.4 Å². The quantitative estimate of drug-likeness (QED) is 0.190. The molecule has 7 N–H and O–H groups in total. The topological polar surface area (TPSA) is 141 Å². The fourth-order valence-electron chi connectivity index (χ4n) is 3.05. The molecule has 5 rings (SSSR count). The molecular weight excluding hydrogens is 364 g/mol. The molecule has 11 heteroatoms. The SMILES string of the molecule is Nc1ncc(-c2c[nH][n+](C3CNC3)c2)nc1N(N)Cc1cc2[nH]ncc2s1. The van der Waals surface area contributed by atoms with E-state index in [4.69, 9.17) is 11.6 Å². The number of aromatic nitrogens is 6. The summed E-state index contributed by atoms with van der Waals surface area (Å²) in [6, 6.07) is 2.48. The number of H-pyrrole nitrogens is 2. The number of nitrogens with one attached hydrogen (secondary N) is 3. The van der Waals surface area contributed by atoms with Gasteiger partial charge in [0.2, 0.25) is 12.2 Å². The maximum absolute atomic E-state index is 6.26. The minimum atomic E-state index is 0.302. The van der Waals surface area contributed by atoms with Gasteiger partial charge < -0.3 is 11.1 Å². The molecule has 1 saturated heterocycles. The van der Waals surface area contributed by atoms with Crippen LogP contribution in [0.25, 0.3) is 21.5 Å². The summed E-state index contributed by atoms with van der Waals surface area (Å²) in [5.41, 5.74) is 8.70. The minimum absolute atomic E-state index is 0.302. The first-order valence-electron chi connectivity index (χ1n) is 8.54. The number of nitrogens with two attached hydrogens (primary N) is 2. The molecule has 138 valence electrons. The third-order valence-corrected chi connectivity index (χ3v) is 5.71. The van der Waals surface area contributed by atoms with Crippen LogP contribution in [0.5, 0.6) is 0 Å². The Hall–Kier alpha value is -3.02. The van der Waals surface area contributed by atoms with Gasteiger partial charge in [0.25, 0.3) is 0 Å². The number of aromatic amines is 2. The Morgan fingerprint density at radius 3 is 3.00 bits per heavy atom. The van der Waals surface area contributed by atoms with Crippen LogP contribution in [0.4, 0.5) is 11.6 Å². The van der Waals surface area contributed by atoms with Crippen molar-refractivity contribution in [2.75, 3.05) is 23.8 Å². The van der Waals surface area contributed by atoms with Crippen molar-refractivity contribution in [3.8, 4) is 11.3 Å². The van der Waals surface area contributed by atoms with Crippen LogP contribution in [-0.2, 0) is 6.54 Å². The first-order valence-corrected chi connectivity index (χ1v) is 9.36. The van der Waals surface area contributed by atoms with E-state index in [1.54, 1.807) is 23.7 Å². The van der Waals surface area contributed by atoms with Crippen molar-refractivity contribution in [1.82, 2.24) is 30.6 Å². The molecule has 1 fully saturated rings. The molecule has 0 unspecified atom stereocenters. The molecule has 10 nitrogen and oxygen atoms in total. The fourth-order valence-corrected chi connectivity index (χ4v) is 4.03. The number of hydrogen-bond acceptors (Lipinski definition) is 8. The lowest BCUT2D eigenvalue weighted by Gasteiger charge is -2.19. The van der Waals surface area contributed by atoms with Gasteiger partial charge in [-0.1, -0.05) is 0 Å². The summed E-state index contributed by atoms with van der Waals surface area (Å²) in [5.74, 6) is 7.02. The smallest absolute Gasteiger partial charge is 0.206 e. The van der Waals surface area contributed by atoms with Gasteiger partial charge in [-0.3, -0.25) is 10.1 Å². The molecule has 4 aromatic rings. The van der Waals surface area contributed by atoms with Gasteiger partial charge >= 0.3 is 0 Å². The lowest BCUT2D eigenvalue weighted by atomic mass is 10.2. The predicted octanol–water partition coefficient (Wildman–Crippen LogP) is 0.304. The molecule has 0 atom stereocenters. The second-order valence-electron chi connectivity index (χ2n) is 6.53. The molecule has 0 aromatic carbocycles. The molecule has 0 amide bonds. The summed E-state index contributed by atoms with van der Waals surface area (Å²) in [6.07, 6.45) is 7.42. The van der Waals surface area contributed by atoms with Crippen molar-refractivity contribution in [2.45, 2.75) is 12.6 Å². The largest absolute Gasteiger partial charge is 0.381 e. The Balaban J connectivity index is 1.40. The molecule has 0 spiro atoms. The summed E-state index contributed by atoms with van der Waals surface area (Å²) in [5, 5.41) is 15.0. The number of anilines is 2. The number of nitrogens with zero attached hydrogens (tertiary/aromatic N) is 5. The Morgan fingerprint density at radius 1 is 1.33 bits per heavy atom. The Bertz CT molecular complexity index is 1060. The molecule has 0 radical (unpaired) electrons. The van der Waals surface area contributed by atoms with E-state index in [1.165, 1.54) is 5.01 Å². The molecule has 4 aromatic heterocycles. The molecule has 5 heterocycles. The van der Waals surface area contributed by atoms with Gasteiger partial charge in [-0.25, -0.2) is 15.8 Å². The molecule has 0 aliphatic carbocycles. The van der Waals surface area contributed by atoms with Gasteiger partial charge in [-0.2, -0.15) is 10.2 Å². The Labute approximate surface area is 158 Å². The maximum Gasteiger partial charge on any atom is 0.206 e. The zero-order valence-electron chi connectivity index (χ0n) is 14.4. The van der Waals surface area contributed by atoms with Crippen molar-refractivity contribution >= 4 is 33.2 Å². The highest BCUT2D eigenvalue weighted by molar-refractivity contribution is 7.19. The van der Waals surface area contributed by atoms with E-state index < -0.39 is 0 Å². The van der Waals surface area contributed by atoms with E-state index in [9.17, 15) is 0 Å². The van der Waals surface area contributed by atoms with E-state index in [-0.39, 0.29) is 0 Å². The zero-order chi connectivity index (χ0) is 18.4. The number of nitrogen functional groups attached to an aromatic ring is 1. The van der Waals surface area contributed by atoms with Crippen LogP contribution in [0, 0.1) is 0 Å². The third kappa shape index (κ3) is 2.91. The van der Waals surface area contributed by atoms with Gasteiger partial charge in [0.05, 0.1) is 59.7 Å². The molecule has 1 aliphatic rings. The standard InChI is InChI=1S/C16H18N10S/c17-15-16(25(18)8-11-1-12-14(27-11)6-21-24-12)23-13(5-20-15)9-2-22-26(7-9)10-3-19-4-10/h1-2,5-7,10,19H,3-4,8,18H2,(H3,17,20,21,24)/p+1. The van der Waals surface area contributed by atoms with Crippen molar-refractivity contribution in [1.29, 1.82) is 0 Å². The number of hydrogen-bond donors (Lipinski definition) is 5. The molecule has 27 heavy (non-hydrogen) atoms. The third-order valence-electron chi connectivity index (χ3n) is 4.65. The average Bonchev–Trinajstić information content (AvgIpc) is 3.30. The van der Waals surface area contributed by atoms with Crippen LogP contribution in [0.3, 0.4) is 0 Å². The summed E-state index contributed by atoms with van der Waals surface area (Å²) in [4.78, 5) is 10.0. The Kier molecular flexibility index (Phi) is 3.77. The summed E-state index contributed by atoms with van der Waals surface area (Å²) in [6.45, 7) is 2.41. The zero-order valence-corrected chi connectivity index (χ0v) is 15.2. The predicted molar refractivity (Wildman–Crippen MR) is 103 cm³/mol. The normalized spacial score (nSPS) is 14.6. The van der Waals surface area contributed by atoms with Gasteiger partial charge in [0.15, 0.2) is 11.6 Å². The van der Waals surface area contributed by atoms with Crippen molar-refractivity contribution in [2.24, 2.45) is 5.84 Å². The first-order chi connectivity index (χ1) is 13.2. The summed E-state index contributed by atoms with van der Waals surface area (Å²) >= 11 is 1.63. The summed E-state index contributed by atoms with van der Waals surface area (Å²) in [7, 11) is 0. The van der Waals surface area contributed by atoms with Gasteiger partial charge in [0.1, 0.15) is 0 Å². The highest BCUT2D eigenvalue weighted by atomic mass is 32.1. The van der Waals surface area contributed by atoms with E-state index in [0.29, 0.717) is 24.2 Å². The van der Waals surface area contributed by atoms with E-state index in [2.05, 4.69) is 35.3 Å². The number of hydrazine groups is 1. The highest BCUT2D eigenvalue weighted by Gasteiger charge is 2.28. The first kappa shape index (κ1) is 16.2. The van der Waals surface area contributed by atoms with Crippen LogP contribution in [-0.4, -0.2) is 38.4 Å². The number of thiophene rings is 1. The van der Waals surface area contributed by atoms with Crippen LogP contribution < -0.4 is 26.6 Å². The van der Waals surface area contributed by atoms with Gasteiger partial charge in [-0.05, 0) is 6.07 Å². The van der Waals surface area contributed by atoms with Crippen LogP contribution >= 0.6 is 11.3 Å². The minimum Gasteiger partial charge on any atom is -0.381 e. The summed E-state index contributed by atoms with van der Waals surface area (Å²) < 4.78 is 3.17. The number of rotatable bonds is 5. The monoisotopic (exact) mass is 383 g/mol. The lowest BCUT2D eigenvalue weighted by molar-refractivity contribution is -0.777. The van der Waals surface area contributed by atoms with E-state index >= 15 is 0 Å². The van der Waals surface area contributed by atoms with Crippen LogP contribution in [0.15, 0.2) is 30.9 Å². The molecular formula is C16H19N10S+. The highest BCUT2D eigenvalue weighted by Crippen LogP contribution is 2.27. The van der Waals surface area contributed by atoms with Gasteiger partial charge in [0, 0.05) is 4.88 Å². The van der Waals surface area contributed by atoms with Crippen molar-refractivity contribution < 1.29 is 4.68 Å². The van der Waals surface area contributed by atoms with Gasteiger partial charge in [-0.15, -0.1) is 16.0 Å². The maximum atomic E-state index is 6.26. The van der Waals surface area contributed by atoms with Crippen LogP contribution in [0.2, 0.25) is 0 Å². The second-order valence-corrected chi connectivity index (χ2v) is 7.70. The molecule has 0 saturated carbocycles. The average molecular weight is 383 g/mol. The fraction of sp³-hybridized carbons (Fsp3) is 0.250. The van der Waals surface area contributed by atoms with E-state index in [1.807, 2.05) is 18.5 Å². The Morgan fingerprint density at radius 2 is 2.22 bits per heavy atom.